The summed E-state index contributed by atoms with van der Waals surface area (Å²) in [5.74, 6) is 0. The number of fused-ring (bicyclic) bond motifs is 9. The van der Waals surface area contributed by atoms with Crippen molar-refractivity contribution in [2.75, 3.05) is 4.90 Å². The van der Waals surface area contributed by atoms with Gasteiger partial charge in [-0.2, -0.15) is 0 Å². The topological polar surface area (TPSA) is 21.3 Å². The second-order valence-corrected chi connectivity index (χ2v) is 13.7. The number of hydrogen-bond acceptors (Lipinski definition) is 2. The smallest absolute Gasteiger partial charge is 0.159 e. The quantitative estimate of drug-likeness (QED) is 0.181. The molecule has 0 saturated heterocycles. The third-order valence-corrected chi connectivity index (χ3v) is 10.8. The monoisotopic (exact) mass is 676 g/mol. The van der Waals surface area contributed by atoms with E-state index in [4.69, 9.17) is 4.42 Å². The van der Waals surface area contributed by atoms with Crippen LogP contribution in [0.4, 0.5) is 17.1 Å². The first kappa shape index (κ1) is 29.6. The lowest BCUT2D eigenvalue weighted by Gasteiger charge is -2.26. The summed E-state index contributed by atoms with van der Waals surface area (Å²) in [7, 11) is 0. The van der Waals surface area contributed by atoms with Crippen molar-refractivity contribution in [2.45, 2.75) is 0 Å². The summed E-state index contributed by atoms with van der Waals surface area (Å²) in [6.45, 7) is 0. The zero-order valence-electron chi connectivity index (χ0n) is 28.8. The predicted octanol–water partition coefficient (Wildman–Crippen LogP) is 14.1. The lowest BCUT2D eigenvalue weighted by atomic mass is 10.0. The van der Waals surface area contributed by atoms with Crippen LogP contribution in [0.3, 0.4) is 0 Å². The average molecular weight is 677 g/mol. The van der Waals surface area contributed by atoms with Gasteiger partial charge in [0.2, 0.25) is 0 Å². The molecular weight excluding hydrogens is 645 g/mol. The number of furan rings is 1. The Labute approximate surface area is 306 Å². The molecule has 0 aliphatic rings. The Morgan fingerprint density at radius 3 is 1.70 bits per heavy atom. The summed E-state index contributed by atoms with van der Waals surface area (Å²) in [6, 6.07) is 69.7. The molecule has 2 aromatic heterocycles. The van der Waals surface area contributed by atoms with Crippen molar-refractivity contribution in [2.24, 2.45) is 0 Å². The van der Waals surface area contributed by atoms with Gasteiger partial charge in [-0.3, -0.25) is 0 Å². The van der Waals surface area contributed by atoms with Gasteiger partial charge in [-0.05, 0) is 99.4 Å². The second kappa shape index (κ2) is 11.7. The van der Waals surface area contributed by atoms with E-state index in [0.717, 1.165) is 44.7 Å². The Morgan fingerprint density at radius 1 is 0.396 bits per heavy atom. The van der Waals surface area contributed by atoms with Gasteiger partial charge in [0.25, 0.3) is 0 Å². The summed E-state index contributed by atoms with van der Waals surface area (Å²) in [5.41, 5.74) is 10.7. The number of aromatic nitrogens is 1. The van der Waals surface area contributed by atoms with Gasteiger partial charge in [0.15, 0.2) is 5.58 Å². The number of hydrogen-bond donors (Lipinski definition) is 0. The predicted molar refractivity (Wildman–Crippen MR) is 223 cm³/mol. The number of para-hydroxylation sites is 3. The molecule has 11 rings (SSSR count). The van der Waals surface area contributed by atoms with Gasteiger partial charge in [0.05, 0.1) is 16.7 Å². The maximum Gasteiger partial charge on any atom is 0.159 e. The van der Waals surface area contributed by atoms with Crippen molar-refractivity contribution >= 4 is 82.4 Å². The molecular formula is C50H32N2O. The highest BCUT2D eigenvalue weighted by molar-refractivity contribution is 6.21. The minimum absolute atomic E-state index is 0.865. The van der Waals surface area contributed by atoms with E-state index in [1.54, 1.807) is 0 Å². The van der Waals surface area contributed by atoms with E-state index in [9.17, 15) is 0 Å². The highest BCUT2D eigenvalue weighted by Gasteiger charge is 2.21. The molecule has 0 bridgehead atoms. The fourth-order valence-electron chi connectivity index (χ4n) is 8.28. The van der Waals surface area contributed by atoms with Gasteiger partial charge in [0.1, 0.15) is 5.58 Å². The zero-order chi connectivity index (χ0) is 34.9. The van der Waals surface area contributed by atoms with E-state index in [-0.39, 0.29) is 0 Å². The van der Waals surface area contributed by atoms with E-state index >= 15 is 0 Å². The third kappa shape index (κ3) is 4.68. The van der Waals surface area contributed by atoms with Gasteiger partial charge in [-0.25, -0.2) is 0 Å². The number of benzene rings is 9. The summed E-state index contributed by atoms with van der Waals surface area (Å²) >= 11 is 0. The first-order valence-electron chi connectivity index (χ1n) is 18.1. The SMILES string of the molecule is c1ccc2cc(-c3ccc(N(c4ccc(-n5c6ccccc6c6ccccc65)cc4)c4cccc5c4oc4ccc6ccccc6c45)cc3)ccc2c1. The third-order valence-electron chi connectivity index (χ3n) is 10.8. The summed E-state index contributed by atoms with van der Waals surface area (Å²) in [6.07, 6.45) is 0. The minimum atomic E-state index is 0.865. The number of anilines is 3. The van der Waals surface area contributed by atoms with Crippen molar-refractivity contribution in [3.8, 4) is 16.8 Å². The molecule has 0 unspecified atom stereocenters. The molecule has 3 heteroatoms. The molecule has 53 heavy (non-hydrogen) atoms. The summed E-state index contributed by atoms with van der Waals surface area (Å²) in [5, 5.41) is 9.65. The van der Waals surface area contributed by atoms with Gasteiger partial charge in [-0.1, -0.05) is 127 Å². The first-order valence-corrected chi connectivity index (χ1v) is 18.1. The van der Waals surface area contributed by atoms with Crippen molar-refractivity contribution in [3.63, 3.8) is 0 Å². The van der Waals surface area contributed by atoms with Crippen LogP contribution < -0.4 is 4.90 Å². The molecule has 0 radical (unpaired) electrons. The lowest BCUT2D eigenvalue weighted by Crippen LogP contribution is -2.10. The molecule has 0 N–H and O–H groups in total. The van der Waals surface area contributed by atoms with Crippen LogP contribution in [0.15, 0.2) is 199 Å². The number of nitrogens with zero attached hydrogens (tertiary/aromatic N) is 2. The van der Waals surface area contributed by atoms with Crippen LogP contribution >= 0.6 is 0 Å². The molecule has 11 aromatic rings. The molecule has 0 aliphatic carbocycles. The Kier molecular flexibility index (Phi) is 6.55. The van der Waals surface area contributed by atoms with Crippen LogP contribution in [0.2, 0.25) is 0 Å². The van der Waals surface area contributed by atoms with Crippen LogP contribution in [-0.2, 0) is 0 Å². The molecule has 0 spiro atoms. The Balaban J connectivity index is 1.09. The second-order valence-electron chi connectivity index (χ2n) is 13.7. The van der Waals surface area contributed by atoms with Crippen LogP contribution in [-0.4, -0.2) is 4.57 Å². The van der Waals surface area contributed by atoms with Crippen LogP contribution in [0.25, 0.3) is 82.1 Å². The van der Waals surface area contributed by atoms with E-state index in [1.165, 1.54) is 54.5 Å². The highest BCUT2D eigenvalue weighted by Crippen LogP contribution is 2.44. The fourth-order valence-corrected chi connectivity index (χ4v) is 8.28. The molecule has 0 fully saturated rings. The maximum atomic E-state index is 6.78. The van der Waals surface area contributed by atoms with Crippen molar-refractivity contribution in [1.29, 1.82) is 0 Å². The van der Waals surface area contributed by atoms with Gasteiger partial charge in [-0.15, -0.1) is 0 Å². The summed E-state index contributed by atoms with van der Waals surface area (Å²) < 4.78 is 9.15. The zero-order valence-corrected chi connectivity index (χ0v) is 28.8. The molecule has 0 atom stereocenters. The van der Waals surface area contributed by atoms with E-state index in [2.05, 4.69) is 204 Å². The van der Waals surface area contributed by atoms with Crippen LogP contribution in [0, 0.1) is 0 Å². The Morgan fingerprint density at radius 2 is 0.962 bits per heavy atom. The molecule has 0 aliphatic heterocycles. The highest BCUT2D eigenvalue weighted by atomic mass is 16.3. The van der Waals surface area contributed by atoms with Gasteiger partial charge in [0, 0.05) is 38.6 Å². The summed E-state index contributed by atoms with van der Waals surface area (Å²) in [4.78, 5) is 2.33. The largest absolute Gasteiger partial charge is 0.454 e. The van der Waals surface area contributed by atoms with E-state index in [1.807, 2.05) is 0 Å². The molecule has 0 saturated carbocycles. The normalized spacial score (nSPS) is 11.8. The molecule has 2 heterocycles. The fraction of sp³-hybridized carbons (Fsp3) is 0. The minimum Gasteiger partial charge on any atom is -0.454 e. The number of rotatable bonds is 5. The van der Waals surface area contributed by atoms with Crippen molar-refractivity contribution in [1.82, 2.24) is 4.57 Å². The Hall–Kier alpha value is -7.10. The van der Waals surface area contributed by atoms with Crippen molar-refractivity contribution < 1.29 is 4.42 Å². The van der Waals surface area contributed by atoms with Crippen LogP contribution in [0.1, 0.15) is 0 Å². The van der Waals surface area contributed by atoms with Gasteiger partial charge >= 0.3 is 0 Å². The molecule has 3 nitrogen and oxygen atoms in total. The van der Waals surface area contributed by atoms with Crippen molar-refractivity contribution in [3.05, 3.63) is 194 Å². The Bertz CT molecular complexity index is 3110. The standard InChI is InChI=1S/C50H32N2O/c1-2-12-36-32-37(21-20-33(36)10-1)34-22-25-38(26-23-34)51(47-19-9-16-44-49-41-13-4-3-11-35(41)24-31-48(49)53-50(44)47)39-27-29-40(30-28-39)52-45-17-7-5-14-42(45)43-15-6-8-18-46(43)52/h1-32H. The first-order chi connectivity index (χ1) is 26.3. The van der Waals surface area contributed by atoms with E-state index in [0.29, 0.717) is 0 Å². The average Bonchev–Trinajstić information content (AvgIpc) is 3.78. The molecule has 248 valence electrons. The molecule has 0 amide bonds. The van der Waals surface area contributed by atoms with Gasteiger partial charge < -0.3 is 13.9 Å². The van der Waals surface area contributed by atoms with E-state index < -0.39 is 0 Å². The lowest BCUT2D eigenvalue weighted by molar-refractivity contribution is 0.669. The molecule has 9 aromatic carbocycles. The maximum absolute atomic E-state index is 6.78. The van der Waals surface area contributed by atoms with Crippen LogP contribution in [0.5, 0.6) is 0 Å².